The molecule has 0 bridgehead atoms. The highest BCUT2D eigenvalue weighted by Crippen LogP contribution is 2.38. The van der Waals surface area contributed by atoms with Gasteiger partial charge in [0.2, 0.25) is 18.6 Å². The maximum atomic E-state index is 13.2. The number of halogens is 3. The summed E-state index contributed by atoms with van der Waals surface area (Å²) in [6.45, 7) is 2.33. The fraction of sp³-hybridized carbons (Fsp3) is 0.364. The molecule has 0 radical (unpaired) electrons. The van der Waals surface area contributed by atoms with E-state index in [2.05, 4.69) is 5.32 Å². The molecular weight excluding hydrogens is 429 g/mol. The Hall–Kier alpha value is -3.43. The number of carbonyl (C=O) groups excluding carboxylic acids is 2. The van der Waals surface area contributed by atoms with Crippen molar-refractivity contribution in [1.29, 1.82) is 0 Å². The predicted molar refractivity (Wildman–Crippen MR) is 109 cm³/mol. The van der Waals surface area contributed by atoms with Gasteiger partial charge < -0.3 is 24.4 Å². The van der Waals surface area contributed by atoms with E-state index in [4.69, 9.17) is 14.2 Å². The van der Waals surface area contributed by atoms with Gasteiger partial charge in [0.1, 0.15) is 5.75 Å². The fourth-order valence-corrected chi connectivity index (χ4v) is 3.56. The third-order valence-corrected chi connectivity index (χ3v) is 5.19. The second-order valence-electron chi connectivity index (χ2n) is 7.49. The molecule has 10 heteroatoms. The van der Waals surface area contributed by atoms with Crippen molar-refractivity contribution >= 4 is 23.2 Å². The monoisotopic (exact) mass is 450 g/mol. The van der Waals surface area contributed by atoms with Crippen LogP contribution < -0.4 is 24.4 Å². The van der Waals surface area contributed by atoms with Gasteiger partial charge in [-0.2, -0.15) is 13.2 Å². The number of carbonyl (C=O) groups is 2. The molecular formula is C22H21F3N2O5. The normalized spacial score (nSPS) is 17.6. The topological polar surface area (TPSA) is 77.1 Å². The van der Waals surface area contributed by atoms with Crippen molar-refractivity contribution in [2.75, 3.05) is 30.2 Å². The summed E-state index contributed by atoms with van der Waals surface area (Å²) >= 11 is 0. The zero-order valence-electron chi connectivity index (χ0n) is 17.2. The second-order valence-corrected chi connectivity index (χ2v) is 7.49. The lowest BCUT2D eigenvalue weighted by atomic mass is 10.1. The van der Waals surface area contributed by atoms with Gasteiger partial charge in [-0.05, 0) is 36.8 Å². The molecule has 0 spiro atoms. The van der Waals surface area contributed by atoms with Gasteiger partial charge >= 0.3 is 6.18 Å². The van der Waals surface area contributed by atoms with Crippen molar-refractivity contribution < 1.29 is 37.0 Å². The highest BCUT2D eigenvalue weighted by atomic mass is 19.4. The lowest BCUT2D eigenvalue weighted by Crippen LogP contribution is -2.28. The predicted octanol–water partition coefficient (Wildman–Crippen LogP) is 4.21. The molecule has 1 N–H and O–H groups in total. The zero-order chi connectivity index (χ0) is 22.9. The van der Waals surface area contributed by atoms with Gasteiger partial charge in [-0.1, -0.05) is 6.92 Å². The second kappa shape index (κ2) is 8.60. The minimum atomic E-state index is -4.57. The van der Waals surface area contributed by atoms with Crippen molar-refractivity contribution in [3.05, 3.63) is 42.0 Å². The first kappa shape index (κ1) is 21.8. The van der Waals surface area contributed by atoms with Crippen LogP contribution in [0.2, 0.25) is 0 Å². The van der Waals surface area contributed by atoms with E-state index in [9.17, 15) is 22.8 Å². The minimum absolute atomic E-state index is 0.0651. The Balaban J connectivity index is 1.51. The number of fused-ring (bicyclic) bond motifs is 1. The third kappa shape index (κ3) is 4.44. The fourth-order valence-electron chi connectivity index (χ4n) is 3.56. The Bertz CT molecular complexity index is 1040. The molecule has 0 aliphatic carbocycles. The summed E-state index contributed by atoms with van der Waals surface area (Å²) in [4.78, 5) is 26.8. The average Bonchev–Trinajstić information content (AvgIpc) is 3.37. The molecule has 2 aromatic rings. The highest BCUT2D eigenvalue weighted by molar-refractivity contribution is 6.04. The Labute approximate surface area is 182 Å². The van der Waals surface area contributed by atoms with Crippen molar-refractivity contribution in [3.63, 3.8) is 0 Å². The number of hydrogen-bond acceptors (Lipinski definition) is 5. The summed E-state index contributed by atoms with van der Waals surface area (Å²) < 4.78 is 55.5. The van der Waals surface area contributed by atoms with Crippen LogP contribution in [-0.2, 0) is 15.8 Å². The third-order valence-electron chi connectivity index (χ3n) is 5.19. The van der Waals surface area contributed by atoms with Crippen LogP contribution >= 0.6 is 0 Å². The van der Waals surface area contributed by atoms with E-state index >= 15 is 0 Å². The lowest BCUT2D eigenvalue weighted by molar-refractivity contribution is -0.137. The molecule has 0 aromatic heterocycles. The van der Waals surface area contributed by atoms with Gasteiger partial charge in [-0.15, -0.1) is 0 Å². The molecule has 1 saturated heterocycles. The number of anilines is 2. The number of amides is 2. The first-order chi connectivity index (χ1) is 15.3. The molecule has 0 unspecified atom stereocenters. The number of nitrogens with one attached hydrogen (secondary N) is 1. The van der Waals surface area contributed by atoms with Crippen LogP contribution in [0.15, 0.2) is 36.4 Å². The molecule has 7 nitrogen and oxygen atoms in total. The summed E-state index contributed by atoms with van der Waals surface area (Å²) in [5.41, 5.74) is -0.422. The average molecular weight is 450 g/mol. The van der Waals surface area contributed by atoms with Crippen molar-refractivity contribution in [2.24, 2.45) is 5.92 Å². The zero-order valence-corrected chi connectivity index (χ0v) is 17.2. The van der Waals surface area contributed by atoms with E-state index in [0.717, 1.165) is 12.1 Å². The smallest absolute Gasteiger partial charge is 0.416 e. The highest BCUT2D eigenvalue weighted by Gasteiger charge is 2.37. The molecule has 1 fully saturated rings. The van der Waals surface area contributed by atoms with E-state index in [1.165, 1.54) is 11.0 Å². The summed E-state index contributed by atoms with van der Waals surface area (Å²) in [7, 11) is 0. The molecule has 2 aromatic carbocycles. The molecule has 2 heterocycles. The molecule has 32 heavy (non-hydrogen) atoms. The van der Waals surface area contributed by atoms with Gasteiger partial charge in [0.15, 0.2) is 11.5 Å². The van der Waals surface area contributed by atoms with Crippen molar-refractivity contribution in [2.45, 2.75) is 25.9 Å². The molecule has 1 atom stereocenters. The number of rotatable bonds is 6. The van der Waals surface area contributed by atoms with Crippen LogP contribution in [0.1, 0.15) is 25.3 Å². The van der Waals surface area contributed by atoms with Gasteiger partial charge in [0, 0.05) is 24.7 Å². The molecule has 2 aliphatic rings. The van der Waals surface area contributed by atoms with Crippen LogP contribution in [-0.4, -0.2) is 31.8 Å². The summed E-state index contributed by atoms with van der Waals surface area (Å²) in [6, 6.07) is 7.96. The minimum Gasteiger partial charge on any atom is -0.491 e. The van der Waals surface area contributed by atoms with Gasteiger partial charge in [0.05, 0.1) is 23.8 Å². The van der Waals surface area contributed by atoms with Crippen LogP contribution in [0.4, 0.5) is 24.5 Å². The summed E-state index contributed by atoms with van der Waals surface area (Å²) in [6.07, 6.45) is -3.98. The SMILES string of the molecule is CCCOc1ccc(C(F)(F)F)cc1NC(=O)[C@H]1CC(=O)N(c2ccc3c(c2)OCO3)C1. The number of benzene rings is 2. The van der Waals surface area contributed by atoms with Crippen molar-refractivity contribution in [1.82, 2.24) is 0 Å². The quantitative estimate of drug-likeness (QED) is 0.714. The molecule has 4 rings (SSSR count). The van der Waals surface area contributed by atoms with E-state index in [-0.39, 0.29) is 43.7 Å². The van der Waals surface area contributed by atoms with Crippen LogP contribution in [0.3, 0.4) is 0 Å². The van der Waals surface area contributed by atoms with Crippen molar-refractivity contribution in [3.8, 4) is 17.2 Å². The van der Waals surface area contributed by atoms with E-state index < -0.39 is 23.6 Å². The Morgan fingerprint density at radius 2 is 1.97 bits per heavy atom. The van der Waals surface area contributed by atoms with Crippen LogP contribution in [0.5, 0.6) is 17.2 Å². The number of hydrogen-bond donors (Lipinski definition) is 1. The maximum absolute atomic E-state index is 13.2. The van der Waals surface area contributed by atoms with E-state index in [0.29, 0.717) is 23.6 Å². The number of alkyl halides is 3. The Kier molecular flexibility index (Phi) is 5.86. The number of nitrogens with zero attached hydrogens (tertiary/aromatic N) is 1. The molecule has 2 aliphatic heterocycles. The van der Waals surface area contributed by atoms with Crippen LogP contribution in [0.25, 0.3) is 0 Å². The summed E-state index contributed by atoms with van der Waals surface area (Å²) in [5.74, 6) is -0.340. The van der Waals surface area contributed by atoms with Gasteiger partial charge in [-0.3, -0.25) is 9.59 Å². The summed E-state index contributed by atoms with van der Waals surface area (Å²) in [5, 5.41) is 2.52. The number of ether oxygens (including phenoxy) is 3. The molecule has 170 valence electrons. The van der Waals surface area contributed by atoms with Gasteiger partial charge in [0.25, 0.3) is 0 Å². The Morgan fingerprint density at radius 3 is 2.72 bits per heavy atom. The largest absolute Gasteiger partial charge is 0.491 e. The lowest BCUT2D eigenvalue weighted by Gasteiger charge is -2.18. The standard InChI is InChI=1S/C22H21F3N2O5/c1-2-7-30-17-5-3-14(22(23,24)25)9-16(17)26-21(29)13-8-20(28)27(11-13)15-4-6-18-19(10-15)32-12-31-18/h3-6,9-10,13H,2,7-8,11-12H2,1H3,(H,26,29)/t13-/m0/s1. The maximum Gasteiger partial charge on any atom is 0.416 e. The first-order valence-electron chi connectivity index (χ1n) is 10.1. The van der Waals surface area contributed by atoms with Gasteiger partial charge in [-0.25, -0.2) is 0 Å². The van der Waals surface area contributed by atoms with E-state index in [1.54, 1.807) is 18.2 Å². The Morgan fingerprint density at radius 1 is 1.19 bits per heavy atom. The van der Waals surface area contributed by atoms with Crippen LogP contribution in [0, 0.1) is 5.92 Å². The molecule has 2 amide bonds. The first-order valence-corrected chi connectivity index (χ1v) is 10.1. The van der Waals surface area contributed by atoms with E-state index in [1.807, 2.05) is 6.92 Å². The molecule has 0 saturated carbocycles.